The number of aromatic amines is 1. The molecule has 6 rings (SSSR count). The molecule has 8 nitrogen and oxygen atoms in total. The maximum absolute atomic E-state index is 4.98. The second kappa shape index (κ2) is 7.90. The fourth-order valence-corrected chi connectivity index (χ4v) is 4.41. The zero-order valence-electron chi connectivity index (χ0n) is 18.8. The Balaban J connectivity index is 1.50. The van der Waals surface area contributed by atoms with Crippen molar-refractivity contribution in [3.63, 3.8) is 0 Å². The van der Waals surface area contributed by atoms with Crippen LogP contribution in [-0.2, 0) is 0 Å². The van der Waals surface area contributed by atoms with Crippen molar-refractivity contribution in [2.75, 3.05) is 43.4 Å². The number of benzene rings is 2. The Morgan fingerprint density at radius 1 is 1.00 bits per heavy atom. The summed E-state index contributed by atoms with van der Waals surface area (Å²) in [6.07, 6.45) is 3.97. The van der Waals surface area contributed by atoms with E-state index in [0.717, 1.165) is 77.0 Å². The number of fused-ring (bicyclic) bond motifs is 2. The number of hydrogen-bond donors (Lipinski definition) is 2. The van der Waals surface area contributed by atoms with Crippen LogP contribution in [-0.4, -0.2) is 62.7 Å². The lowest BCUT2D eigenvalue weighted by Gasteiger charge is -2.33. The number of piperazine rings is 1. The van der Waals surface area contributed by atoms with Crippen LogP contribution in [0.4, 0.5) is 17.3 Å². The van der Waals surface area contributed by atoms with E-state index in [2.05, 4.69) is 67.2 Å². The third kappa shape index (κ3) is 3.58. The van der Waals surface area contributed by atoms with Gasteiger partial charge in [-0.15, -0.1) is 0 Å². The molecule has 0 amide bonds. The van der Waals surface area contributed by atoms with Gasteiger partial charge in [0, 0.05) is 48.5 Å². The molecule has 0 unspecified atom stereocenters. The number of nitrogens with one attached hydrogen (secondary N) is 2. The third-order valence-electron chi connectivity index (χ3n) is 6.38. The summed E-state index contributed by atoms with van der Waals surface area (Å²) in [5.41, 5.74) is 5.75. The normalized spacial score (nSPS) is 14.9. The Morgan fingerprint density at radius 3 is 2.64 bits per heavy atom. The summed E-state index contributed by atoms with van der Waals surface area (Å²) < 4.78 is 2.12. The van der Waals surface area contributed by atoms with Crippen LogP contribution in [0.3, 0.4) is 0 Å². The van der Waals surface area contributed by atoms with Gasteiger partial charge in [0.15, 0.2) is 5.65 Å². The van der Waals surface area contributed by atoms with E-state index >= 15 is 0 Å². The van der Waals surface area contributed by atoms with Gasteiger partial charge in [-0.1, -0.05) is 24.3 Å². The molecule has 8 heteroatoms. The van der Waals surface area contributed by atoms with Crippen molar-refractivity contribution >= 4 is 33.9 Å². The second-order valence-corrected chi connectivity index (χ2v) is 8.64. The minimum absolute atomic E-state index is 0.810. The molecule has 166 valence electrons. The number of aromatic nitrogens is 5. The molecule has 0 atom stereocenters. The van der Waals surface area contributed by atoms with Gasteiger partial charge in [0.05, 0.1) is 17.9 Å². The predicted octanol–water partition coefficient (Wildman–Crippen LogP) is 4.08. The van der Waals surface area contributed by atoms with Crippen LogP contribution in [0, 0.1) is 6.92 Å². The number of H-pyrrole nitrogens is 1. The van der Waals surface area contributed by atoms with Crippen molar-refractivity contribution in [3.8, 4) is 11.3 Å². The molecular formula is C25H26N8. The zero-order valence-corrected chi connectivity index (χ0v) is 18.8. The van der Waals surface area contributed by atoms with Gasteiger partial charge in [-0.3, -0.25) is 9.50 Å². The van der Waals surface area contributed by atoms with Gasteiger partial charge < -0.3 is 15.1 Å². The first-order valence-corrected chi connectivity index (χ1v) is 11.2. The first kappa shape index (κ1) is 19.8. The summed E-state index contributed by atoms with van der Waals surface area (Å²) in [4.78, 5) is 14.4. The molecule has 0 saturated carbocycles. The lowest BCUT2D eigenvalue weighted by Crippen LogP contribution is -2.44. The summed E-state index contributed by atoms with van der Waals surface area (Å²) in [5.74, 6) is 1.89. The molecule has 1 saturated heterocycles. The second-order valence-electron chi connectivity index (χ2n) is 8.64. The molecule has 5 aromatic rings. The van der Waals surface area contributed by atoms with Gasteiger partial charge in [-0.2, -0.15) is 5.10 Å². The summed E-state index contributed by atoms with van der Waals surface area (Å²) in [5, 5.41) is 12.2. The Kier molecular flexibility index (Phi) is 4.73. The number of hydrogen-bond acceptors (Lipinski definition) is 6. The number of nitrogens with zero attached hydrogens (tertiary/aromatic N) is 6. The molecule has 1 aliphatic rings. The van der Waals surface area contributed by atoms with Crippen LogP contribution in [0.1, 0.15) is 5.69 Å². The maximum atomic E-state index is 4.98. The minimum Gasteiger partial charge on any atom is -0.353 e. The fraction of sp³-hybridized carbons (Fsp3) is 0.240. The number of para-hydroxylation sites is 1. The molecule has 0 bridgehead atoms. The number of likely N-dealkylation sites (N-methyl/N-ethyl adjacent to an activating group) is 1. The van der Waals surface area contributed by atoms with Gasteiger partial charge in [0.2, 0.25) is 0 Å². The van der Waals surface area contributed by atoms with Crippen LogP contribution in [0.5, 0.6) is 0 Å². The zero-order chi connectivity index (χ0) is 22.4. The van der Waals surface area contributed by atoms with Gasteiger partial charge in [-0.05, 0) is 38.2 Å². The standard InChI is InChI=1S/C25H26N8/c1-17-20-14-18(8-9-21(20)30-29-17)24-25(27-19-6-4-3-5-7-19)33-16-23(26-15-22(33)28-24)32-12-10-31(2)11-13-32/h3-9,14-16,27H,10-13H2,1-2H3,(H,29,30). The lowest BCUT2D eigenvalue weighted by atomic mass is 10.1. The van der Waals surface area contributed by atoms with Crippen molar-refractivity contribution in [1.82, 2.24) is 29.5 Å². The first-order chi connectivity index (χ1) is 16.2. The molecule has 0 spiro atoms. The predicted molar refractivity (Wildman–Crippen MR) is 132 cm³/mol. The van der Waals surface area contributed by atoms with E-state index in [4.69, 9.17) is 9.97 Å². The van der Waals surface area contributed by atoms with Crippen LogP contribution >= 0.6 is 0 Å². The van der Waals surface area contributed by atoms with E-state index < -0.39 is 0 Å². The molecular weight excluding hydrogens is 412 g/mol. The molecule has 2 N–H and O–H groups in total. The highest BCUT2D eigenvalue weighted by atomic mass is 15.3. The van der Waals surface area contributed by atoms with Crippen molar-refractivity contribution in [2.24, 2.45) is 0 Å². The molecule has 4 heterocycles. The molecule has 33 heavy (non-hydrogen) atoms. The van der Waals surface area contributed by atoms with Crippen LogP contribution in [0.2, 0.25) is 0 Å². The van der Waals surface area contributed by atoms with E-state index in [9.17, 15) is 0 Å². The van der Waals surface area contributed by atoms with E-state index in [1.807, 2.05) is 37.4 Å². The number of aryl methyl sites for hydroxylation is 1. The Hall–Kier alpha value is -3.91. The summed E-state index contributed by atoms with van der Waals surface area (Å²) in [6, 6.07) is 16.5. The highest BCUT2D eigenvalue weighted by molar-refractivity contribution is 5.89. The lowest BCUT2D eigenvalue weighted by molar-refractivity contribution is 0.312. The summed E-state index contributed by atoms with van der Waals surface area (Å²) in [6.45, 7) is 6.04. The maximum Gasteiger partial charge on any atom is 0.157 e. The van der Waals surface area contributed by atoms with Crippen molar-refractivity contribution in [2.45, 2.75) is 6.92 Å². The number of imidazole rings is 1. The highest BCUT2D eigenvalue weighted by Crippen LogP contribution is 2.33. The Morgan fingerprint density at radius 2 is 1.82 bits per heavy atom. The largest absolute Gasteiger partial charge is 0.353 e. The molecule has 2 aromatic carbocycles. The molecule has 0 radical (unpaired) electrons. The van der Waals surface area contributed by atoms with Crippen LogP contribution in [0.15, 0.2) is 60.9 Å². The monoisotopic (exact) mass is 438 g/mol. The third-order valence-corrected chi connectivity index (χ3v) is 6.38. The molecule has 1 aliphatic heterocycles. The quantitative estimate of drug-likeness (QED) is 0.440. The minimum atomic E-state index is 0.810. The van der Waals surface area contributed by atoms with Gasteiger partial charge in [-0.25, -0.2) is 9.97 Å². The van der Waals surface area contributed by atoms with Gasteiger partial charge in [0.25, 0.3) is 0 Å². The number of rotatable bonds is 4. The fourth-order valence-electron chi connectivity index (χ4n) is 4.41. The molecule has 0 aliphatic carbocycles. The number of anilines is 3. The topological polar surface area (TPSA) is 77.4 Å². The van der Waals surface area contributed by atoms with E-state index in [-0.39, 0.29) is 0 Å². The molecule has 3 aromatic heterocycles. The van der Waals surface area contributed by atoms with Crippen LogP contribution in [0.25, 0.3) is 27.8 Å². The van der Waals surface area contributed by atoms with Crippen LogP contribution < -0.4 is 10.2 Å². The van der Waals surface area contributed by atoms with E-state index in [0.29, 0.717) is 0 Å². The van der Waals surface area contributed by atoms with Gasteiger partial charge in [0.1, 0.15) is 17.3 Å². The van der Waals surface area contributed by atoms with Crippen molar-refractivity contribution in [1.29, 1.82) is 0 Å². The summed E-state index contributed by atoms with van der Waals surface area (Å²) >= 11 is 0. The average molecular weight is 439 g/mol. The molecule has 1 fully saturated rings. The van der Waals surface area contributed by atoms with Crippen molar-refractivity contribution < 1.29 is 0 Å². The first-order valence-electron chi connectivity index (χ1n) is 11.2. The van der Waals surface area contributed by atoms with E-state index in [1.165, 1.54) is 0 Å². The van der Waals surface area contributed by atoms with Crippen molar-refractivity contribution in [3.05, 3.63) is 66.6 Å². The SMILES string of the molecule is Cc1[nH]nc2ccc(-c3nc4cnc(N5CCN(C)CC5)cn4c3Nc3ccccc3)cc12. The highest BCUT2D eigenvalue weighted by Gasteiger charge is 2.20. The Bertz CT molecular complexity index is 1430. The average Bonchev–Trinajstić information content (AvgIpc) is 3.40. The summed E-state index contributed by atoms with van der Waals surface area (Å²) in [7, 11) is 2.16. The smallest absolute Gasteiger partial charge is 0.157 e. The van der Waals surface area contributed by atoms with Gasteiger partial charge >= 0.3 is 0 Å². The van der Waals surface area contributed by atoms with E-state index in [1.54, 1.807) is 0 Å². The Labute approximate surface area is 191 Å².